The van der Waals surface area contributed by atoms with Gasteiger partial charge in [-0.3, -0.25) is 10.1 Å². The lowest BCUT2D eigenvalue weighted by Gasteiger charge is -2.36. The molecule has 2 atom stereocenters. The SMILES string of the molecule is COC(=O)C1(NCCOC2CCCCC2C)CCCCC1. The Balaban J connectivity index is 1.75. The van der Waals surface area contributed by atoms with E-state index in [0.717, 1.165) is 32.2 Å². The Morgan fingerprint density at radius 2 is 1.86 bits per heavy atom. The Morgan fingerprint density at radius 3 is 2.52 bits per heavy atom. The molecule has 4 nitrogen and oxygen atoms in total. The highest BCUT2D eigenvalue weighted by atomic mass is 16.5. The van der Waals surface area contributed by atoms with E-state index in [1.54, 1.807) is 0 Å². The second kappa shape index (κ2) is 8.14. The summed E-state index contributed by atoms with van der Waals surface area (Å²) >= 11 is 0. The molecule has 0 aromatic rings. The number of methoxy groups -OCH3 is 1. The van der Waals surface area contributed by atoms with Crippen molar-refractivity contribution in [2.24, 2.45) is 5.92 Å². The fraction of sp³-hybridized carbons (Fsp3) is 0.941. The summed E-state index contributed by atoms with van der Waals surface area (Å²) in [6.45, 7) is 3.71. The van der Waals surface area contributed by atoms with E-state index in [1.165, 1.54) is 39.2 Å². The summed E-state index contributed by atoms with van der Waals surface area (Å²) in [5.41, 5.74) is -0.464. The molecule has 122 valence electrons. The number of esters is 1. The van der Waals surface area contributed by atoms with Gasteiger partial charge in [-0.05, 0) is 31.6 Å². The van der Waals surface area contributed by atoms with E-state index in [0.29, 0.717) is 18.6 Å². The number of rotatable bonds is 6. The summed E-state index contributed by atoms with van der Waals surface area (Å²) < 4.78 is 11.0. The van der Waals surface area contributed by atoms with Crippen LogP contribution in [0.15, 0.2) is 0 Å². The zero-order valence-electron chi connectivity index (χ0n) is 13.7. The van der Waals surface area contributed by atoms with Gasteiger partial charge in [0.25, 0.3) is 0 Å². The van der Waals surface area contributed by atoms with Gasteiger partial charge >= 0.3 is 5.97 Å². The van der Waals surface area contributed by atoms with E-state index in [4.69, 9.17) is 9.47 Å². The van der Waals surface area contributed by atoms with Crippen LogP contribution in [0.5, 0.6) is 0 Å². The molecular weight excluding hydrogens is 266 g/mol. The number of carbonyl (C=O) groups excluding carboxylic acids is 1. The van der Waals surface area contributed by atoms with Gasteiger partial charge in [-0.2, -0.15) is 0 Å². The summed E-state index contributed by atoms with van der Waals surface area (Å²) in [4.78, 5) is 12.1. The van der Waals surface area contributed by atoms with Crippen LogP contribution in [0.1, 0.15) is 64.7 Å². The lowest BCUT2D eigenvalue weighted by Crippen LogP contribution is -2.54. The maximum absolute atomic E-state index is 12.1. The lowest BCUT2D eigenvalue weighted by molar-refractivity contribution is -0.150. The molecule has 4 heteroatoms. The summed E-state index contributed by atoms with van der Waals surface area (Å²) in [5, 5.41) is 3.44. The number of nitrogens with one attached hydrogen (secondary N) is 1. The van der Waals surface area contributed by atoms with Gasteiger partial charge in [-0.1, -0.05) is 39.0 Å². The molecule has 0 heterocycles. The normalized spacial score (nSPS) is 29.0. The van der Waals surface area contributed by atoms with E-state index in [1.807, 2.05) is 0 Å². The predicted molar refractivity (Wildman–Crippen MR) is 83.2 cm³/mol. The van der Waals surface area contributed by atoms with Crippen LogP contribution in [0, 0.1) is 5.92 Å². The molecule has 0 bridgehead atoms. The maximum atomic E-state index is 12.1. The molecule has 0 aliphatic heterocycles. The minimum Gasteiger partial charge on any atom is -0.468 e. The third kappa shape index (κ3) is 4.43. The van der Waals surface area contributed by atoms with Gasteiger partial charge in [0.2, 0.25) is 0 Å². The van der Waals surface area contributed by atoms with E-state index in [2.05, 4.69) is 12.2 Å². The second-order valence-corrected chi connectivity index (χ2v) is 6.73. The zero-order valence-corrected chi connectivity index (χ0v) is 13.7. The molecule has 2 aliphatic carbocycles. The van der Waals surface area contributed by atoms with Crippen molar-refractivity contribution >= 4 is 5.97 Å². The smallest absolute Gasteiger partial charge is 0.326 e. The highest BCUT2D eigenvalue weighted by Crippen LogP contribution is 2.29. The van der Waals surface area contributed by atoms with Crippen LogP contribution in [-0.2, 0) is 14.3 Å². The first-order chi connectivity index (χ1) is 10.2. The number of hydrogen-bond donors (Lipinski definition) is 1. The minimum absolute atomic E-state index is 0.103. The van der Waals surface area contributed by atoms with Crippen LogP contribution < -0.4 is 5.32 Å². The molecule has 0 amide bonds. The summed E-state index contributed by atoms with van der Waals surface area (Å²) in [7, 11) is 1.49. The van der Waals surface area contributed by atoms with Crippen molar-refractivity contribution < 1.29 is 14.3 Å². The summed E-state index contributed by atoms with van der Waals surface area (Å²) in [6, 6.07) is 0. The molecule has 0 saturated heterocycles. The molecule has 21 heavy (non-hydrogen) atoms. The van der Waals surface area contributed by atoms with Crippen molar-refractivity contribution in [2.75, 3.05) is 20.3 Å². The fourth-order valence-electron chi connectivity index (χ4n) is 3.83. The molecule has 0 spiro atoms. The van der Waals surface area contributed by atoms with Crippen LogP contribution >= 0.6 is 0 Å². The molecular formula is C17H31NO3. The first-order valence-corrected chi connectivity index (χ1v) is 8.63. The zero-order chi connectivity index (χ0) is 15.1. The Bertz CT molecular complexity index is 326. The standard InChI is InChI=1S/C17H31NO3/c1-14-8-4-5-9-15(14)21-13-12-18-17(16(19)20-2)10-6-3-7-11-17/h14-15,18H,3-13H2,1-2H3. The van der Waals surface area contributed by atoms with Crippen molar-refractivity contribution in [1.82, 2.24) is 5.32 Å². The van der Waals surface area contributed by atoms with Gasteiger partial charge in [0.15, 0.2) is 0 Å². The molecule has 2 aliphatic rings. The van der Waals surface area contributed by atoms with Crippen molar-refractivity contribution in [3.63, 3.8) is 0 Å². The van der Waals surface area contributed by atoms with Crippen LogP contribution in [0.3, 0.4) is 0 Å². The third-order valence-electron chi connectivity index (χ3n) is 5.21. The van der Waals surface area contributed by atoms with E-state index < -0.39 is 5.54 Å². The molecule has 0 aromatic heterocycles. The predicted octanol–water partition coefficient (Wildman–Crippen LogP) is 3.05. The minimum atomic E-state index is -0.464. The van der Waals surface area contributed by atoms with Gasteiger partial charge in [0.1, 0.15) is 5.54 Å². The fourth-order valence-corrected chi connectivity index (χ4v) is 3.83. The first kappa shape index (κ1) is 16.8. The second-order valence-electron chi connectivity index (χ2n) is 6.73. The van der Waals surface area contributed by atoms with Gasteiger partial charge in [0.05, 0.1) is 19.8 Å². The largest absolute Gasteiger partial charge is 0.468 e. The van der Waals surface area contributed by atoms with Crippen molar-refractivity contribution in [2.45, 2.75) is 76.4 Å². The maximum Gasteiger partial charge on any atom is 0.326 e. The first-order valence-electron chi connectivity index (χ1n) is 8.63. The van der Waals surface area contributed by atoms with Crippen LogP contribution in [-0.4, -0.2) is 37.9 Å². The van der Waals surface area contributed by atoms with Gasteiger partial charge < -0.3 is 9.47 Å². The molecule has 2 rings (SSSR count). The van der Waals surface area contributed by atoms with E-state index in [9.17, 15) is 4.79 Å². The highest BCUT2D eigenvalue weighted by Gasteiger charge is 2.39. The molecule has 1 N–H and O–H groups in total. The van der Waals surface area contributed by atoms with Gasteiger partial charge in [-0.25, -0.2) is 0 Å². The average molecular weight is 297 g/mol. The topological polar surface area (TPSA) is 47.6 Å². The summed E-state index contributed by atoms with van der Waals surface area (Å²) in [5.74, 6) is 0.566. The van der Waals surface area contributed by atoms with Crippen LogP contribution in [0.25, 0.3) is 0 Å². The highest BCUT2D eigenvalue weighted by molar-refractivity contribution is 5.80. The monoisotopic (exact) mass is 297 g/mol. The quantitative estimate of drug-likeness (QED) is 0.604. The van der Waals surface area contributed by atoms with E-state index >= 15 is 0 Å². The Kier molecular flexibility index (Phi) is 6.49. The summed E-state index contributed by atoms with van der Waals surface area (Å²) in [6.07, 6.45) is 10.7. The van der Waals surface area contributed by atoms with Crippen LogP contribution in [0.4, 0.5) is 0 Å². The molecule has 0 radical (unpaired) electrons. The van der Waals surface area contributed by atoms with Crippen molar-refractivity contribution in [3.05, 3.63) is 0 Å². The van der Waals surface area contributed by atoms with E-state index in [-0.39, 0.29) is 5.97 Å². The third-order valence-corrected chi connectivity index (χ3v) is 5.21. The lowest BCUT2D eigenvalue weighted by atomic mass is 9.81. The van der Waals surface area contributed by atoms with Crippen molar-refractivity contribution in [1.29, 1.82) is 0 Å². The molecule has 2 fully saturated rings. The number of ether oxygens (including phenoxy) is 2. The molecule has 0 aromatic carbocycles. The average Bonchev–Trinajstić information content (AvgIpc) is 2.53. The van der Waals surface area contributed by atoms with Gasteiger partial charge in [0, 0.05) is 6.54 Å². The Morgan fingerprint density at radius 1 is 1.14 bits per heavy atom. The van der Waals surface area contributed by atoms with Crippen LogP contribution in [0.2, 0.25) is 0 Å². The number of hydrogen-bond acceptors (Lipinski definition) is 4. The molecule has 2 unspecified atom stereocenters. The Labute approximate surface area is 129 Å². The number of carbonyl (C=O) groups is 1. The van der Waals surface area contributed by atoms with Gasteiger partial charge in [-0.15, -0.1) is 0 Å². The Hall–Kier alpha value is -0.610. The molecule has 2 saturated carbocycles. The van der Waals surface area contributed by atoms with Crippen molar-refractivity contribution in [3.8, 4) is 0 Å².